The Morgan fingerprint density at radius 2 is 2.00 bits per heavy atom. The van der Waals surface area contributed by atoms with E-state index in [0.29, 0.717) is 18.6 Å². The Kier molecular flexibility index (Phi) is 2.78. The van der Waals surface area contributed by atoms with Gasteiger partial charge in [0.15, 0.2) is 0 Å². The van der Waals surface area contributed by atoms with E-state index in [9.17, 15) is 4.79 Å². The number of allylic oxidation sites excluding steroid dienone is 3. The summed E-state index contributed by atoms with van der Waals surface area (Å²) in [5, 5.41) is 0. The Balaban J connectivity index is 2.14. The van der Waals surface area contributed by atoms with Gasteiger partial charge in [-0.25, -0.2) is 0 Å². The number of ketones is 1. The van der Waals surface area contributed by atoms with E-state index < -0.39 is 0 Å². The molecular weight excluding hydrogens is 222 g/mol. The van der Waals surface area contributed by atoms with E-state index in [1.54, 1.807) is 0 Å². The van der Waals surface area contributed by atoms with Crippen LogP contribution >= 0.6 is 0 Å². The quantitative estimate of drug-likeness (QED) is 0.692. The number of anilines is 1. The molecule has 0 radical (unpaired) electrons. The maximum Gasteiger partial charge on any atom is 0.141 e. The molecule has 18 heavy (non-hydrogen) atoms. The van der Waals surface area contributed by atoms with Crippen LogP contribution in [0.5, 0.6) is 0 Å². The zero-order valence-electron chi connectivity index (χ0n) is 10.6. The van der Waals surface area contributed by atoms with Crippen molar-refractivity contribution in [1.82, 2.24) is 0 Å². The predicted molar refractivity (Wildman–Crippen MR) is 73.6 cm³/mol. The molecule has 0 bridgehead atoms. The van der Waals surface area contributed by atoms with Gasteiger partial charge in [-0.3, -0.25) is 4.79 Å². The largest absolute Gasteiger partial charge is 0.344 e. The second-order valence-electron chi connectivity index (χ2n) is 5.01. The Bertz CT molecular complexity index is 554. The number of hydrogen-bond acceptors (Lipinski definition) is 2. The molecule has 2 nitrogen and oxygen atoms in total. The third-order valence-corrected chi connectivity index (χ3v) is 3.76. The first-order valence-corrected chi connectivity index (χ1v) is 6.47. The lowest BCUT2D eigenvalue weighted by Crippen LogP contribution is -2.24. The SMILES string of the molecule is CN1C2=C(CCC=C2)CC(=O)Cc2ccccc21. The summed E-state index contributed by atoms with van der Waals surface area (Å²) < 4.78 is 0. The molecule has 2 aliphatic rings. The fourth-order valence-electron chi connectivity index (χ4n) is 2.86. The van der Waals surface area contributed by atoms with Gasteiger partial charge in [0, 0.05) is 31.3 Å². The van der Waals surface area contributed by atoms with Crippen LogP contribution in [-0.2, 0) is 11.2 Å². The molecule has 1 aromatic rings. The first-order valence-electron chi connectivity index (χ1n) is 6.47. The second kappa shape index (κ2) is 4.45. The monoisotopic (exact) mass is 239 g/mol. The predicted octanol–water partition coefficient (Wildman–Crippen LogP) is 3.24. The number of hydrogen-bond donors (Lipinski definition) is 0. The van der Waals surface area contributed by atoms with Crippen molar-refractivity contribution in [2.75, 3.05) is 11.9 Å². The second-order valence-corrected chi connectivity index (χ2v) is 5.01. The first-order chi connectivity index (χ1) is 8.75. The lowest BCUT2D eigenvalue weighted by molar-refractivity contribution is -0.117. The normalized spacial score (nSPS) is 19.2. The lowest BCUT2D eigenvalue weighted by atomic mass is 9.91. The molecule has 0 spiro atoms. The van der Waals surface area contributed by atoms with Crippen LogP contribution in [0.2, 0.25) is 0 Å². The van der Waals surface area contributed by atoms with E-state index in [0.717, 1.165) is 24.1 Å². The molecule has 92 valence electrons. The van der Waals surface area contributed by atoms with Crippen LogP contribution in [0, 0.1) is 0 Å². The molecular formula is C16H17NO. The van der Waals surface area contributed by atoms with Crippen molar-refractivity contribution in [2.45, 2.75) is 25.7 Å². The summed E-state index contributed by atoms with van der Waals surface area (Å²) >= 11 is 0. The van der Waals surface area contributed by atoms with Gasteiger partial charge >= 0.3 is 0 Å². The lowest BCUT2D eigenvalue weighted by Gasteiger charge is -2.30. The minimum atomic E-state index is 0.332. The average molecular weight is 239 g/mol. The van der Waals surface area contributed by atoms with Gasteiger partial charge in [-0.1, -0.05) is 24.3 Å². The number of fused-ring (bicyclic) bond motifs is 1. The number of para-hydroxylation sites is 1. The molecule has 1 aliphatic heterocycles. The molecule has 0 unspecified atom stereocenters. The minimum absolute atomic E-state index is 0.332. The van der Waals surface area contributed by atoms with Crippen molar-refractivity contribution in [3.8, 4) is 0 Å². The Morgan fingerprint density at radius 1 is 1.17 bits per heavy atom. The number of likely N-dealkylation sites (N-methyl/N-ethyl adjacent to an activating group) is 1. The van der Waals surface area contributed by atoms with Gasteiger partial charge in [0.1, 0.15) is 5.78 Å². The molecule has 1 aliphatic carbocycles. The van der Waals surface area contributed by atoms with Gasteiger partial charge in [-0.15, -0.1) is 0 Å². The van der Waals surface area contributed by atoms with Crippen molar-refractivity contribution < 1.29 is 4.79 Å². The van der Waals surface area contributed by atoms with Gasteiger partial charge in [0.2, 0.25) is 0 Å². The standard InChI is InChI=1S/C16H17NO/c1-17-15-8-4-2-6-12(15)10-14(18)11-13-7-3-5-9-16(13)17/h2,4-6,8-9H,3,7,10-11H2,1H3. The fraction of sp³-hybridized carbons (Fsp3) is 0.312. The first kappa shape index (κ1) is 11.3. The number of nitrogens with zero attached hydrogens (tertiary/aromatic N) is 1. The van der Waals surface area contributed by atoms with Gasteiger partial charge in [0.25, 0.3) is 0 Å². The average Bonchev–Trinajstić information content (AvgIpc) is 2.38. The molecule has 2 heteroatoms. The smallest absolute Gasteiger partial charge is 0.141 e. The van der Waals surface area contributed by atoms with E-state index in [4.69, 9.17) is 0 Å². The van der Waals surface area contributed by atoms with Crippen LogP contribution in [0.3, 0.4) is 0 Å². The summed E-state index contributed by atoms with van der Waals surface area (Å²) in [6, 6.07) is 8.20. The van der Waals surface area contributed by atoms with Crippen LogP contribution in [0.15, 0.2) is 47.7 Å². The minimum Gasteiger partial charge on any atom is -0.344 e. The highest BCUT2D eigenvalue weighted by Gasteiger charge is 2.21. The third-order valence-electron chi connectivity index (χ3n) is 3.76. The van der Waals surface area contributed by atoms with E-state index in [1.807, 2.05) is 12.1 Å². The molecule has 0 aromatic heterocycles. The summed E-state index contributed by atoms with van der Waals surface area (Å²) in [7, 11) is 2.10. The van der Waals surface area contributed by atoms with Crippen LogP contribution in [0.1, 0.15) is 24.8 Å². The number of benzene rings is 1. The third kappa shape index (κ3) is 1.88. The molecule has 0 atom stereocenters. The Morgan fingerprint density at radius 3 is 2.89 bits per heavy atom. The fourth-order valence-corrected chi connectivity index (χ4v) is 2.86. The molecule has 1 heterocycles. The highest BCUT2D eigenvalue weighted by Crippen LogP contribution is 2.32. The maximum atomic E-state index is 12.1. The van der Waals surface area contributed by atoms with Crippen LogP contribution in [-0.4, -0.2) is 12.8 Å². The van der Waals surface area contributed by atoms with Crippen molar-refractivity contribution >= 4 is 11.5 Å². The number of carbonyl (C=O) groups excluding carboxylic acids is 1. The van der Waals surface area contributed by atoms with Gasteiger partial charge < -0.3 is 4.90 Å². The van der Waals surface area contributed by atoms with Gasteiger partial charge in [-0.05, 0) is 36.1 Å². The van der Waals surface area contributed by atoms with E-state index in [2.05, 4.69) is 36.2 Å². The zero-order chi connectivity index (χ0) is 12.5. The van der Waals surface area contributed by atoms with Crippen molar-refractivity contribution in [1.29, 1.82) is 0 Å². The number of carbonyl (C=O) groups is 1. The highest BCUT2D eigenvalue weighted by atomic mass is 16.1. The summed E-state index contributed by atoms with van der Waals surface area (Å²) in [6.07, 6.45) is 7.60. The van der Waals surface area contributed by atoms with Gasteiger partial charge in [-0.2, -0.15) is 0 Å². The molecule has 0 saturated heterocycles. The highest BCUT2D eigenvalue weighted by molar-refractivity contribution is 5.86. The molecule has 0 amide bonds. The van der Waals surface area contributed by atoms with Crippen molar-refractivity contribution in [3.05, 3.63) is 53.3 Å². The van der Waals surface area contributed by atoms with E-state index in [1.165, 1.54) is 11.3 Å². The molecule has 0 N–H and O–H groups in total. The van der Waals surface area contributed by atoms with Gasteiger partial charge in [0.05, 0.1) is 0 Å². The van der Waals surface area contributed by atoms with Crippen molar-refractivity contribution in [2.24, 2.45) is 0 Å². The van der Waals surface area contributed by atoms with Crippen LogP contribution in [0.25, 0.3) is 0 Å². The van der Waals surface area contributed by atoms with Crippen LogP contribution in [0.4, 0.5) is 5.69 Å². The molecule has 0 fully saturated rings. The number of Topliss-reactive ketones (excluding diaryl/α,β-unsaturated/α-hetero) is 1. The van der Waals surface area contributed by atoms with Crippen molar-refractivity contribution in [3.63, 3.8) is 0 Å². The maximum absolute atomic E-state index is 12.1. The summed E-state index contributed by atoms with van der Waals surface area (Å²) in [5.41, 5.74) is 4.79. The topological polar surface area (TPSA) is 20.3 Å². The molecule has 1 aromatic carbocycles. The Hall–Kier alpha value is -1.83. The molecule has 0 saturated carbocycles. The van der Waals surface area contributed by atoms with E-state index in [-0.39, 0.29) is 0 Å². The summed E-state index contributed by atoms with van der Waals surface area (Å²) in [6.45, 7) is 0. The Labute approximate surface area is 108 Å². The zero-order valence-corrected chi connectivity index (χ0v) is 10.6. The summed E-state index contributed by atoms with van der Waals surface area (Å²) in [4.78, 5) is 14.3. The number of rotatable bonds is 0. The van der Waals surface area contributed by atoms with Crippen LogP contribution < -0.4 is 4.90 Å². The summed E-state index contributed by atoms with van der Waals surface area (Å²) in [5.74, 6) is 0.332. The van der Waals surface area contributed by atoms with E-state index >= 15 is 0 Å². The molecule has 3 rings (SSSR count).